The quantitative estimate of drug-likeness (QED) is 0.131. The Morgan fingerprint density at radius 2 is 1.79 bits per heavy atom. The van der Waals surface area contributed by atoms with Crippen LogP contribution in [0.15, 0.2) is 53.5 Å². The van der Waals surface area contributed by atoms with Gasteiger partial charge in [0.2, 0.25) is 5.75 Å². The van der Waals surface area contributed by atoms with E-state index in [1.807, 2.05) is 67.6 Å². The van der Waals surface area contributed by atoms with Crippen LogP contribution in [0.25, 0.3) is 0 Å². The molecule has 0 fully saturated rings. The van der Waals surface area contributed by atoms with Crippen LogP contribution >= 0.6 is 22.6 Å². The lowest BCUT2D eigenvalue weighted by Crippen LogP contribution is -2.01. The fourth-order valence-corrected chi connectivity index (χ4v) is 3.74. The summed E-state index contributed by atoms with van der Waals surface area (Å²) in [7, 11) is 0. The summed E-state index contributed by atoms with van der Waals surface area (Å²) in [6.45, 7) is 6.17. The minimum absolute atomic E-state index is 0.124. The van der Waals surface area contributed by atoms with E-state index in [-0.39, 0.29) is 11.5 Å². The Morgan fingerprint density at radius 1 is 1.03 bits per heavy atom. The van der Waals surface area contributed by atoms with Crippen molar-refractivity contribution >= 4 is 45.9 Å². The van der Waals surface area contributed by atoms with Crippen molar-refractivity contribution in [2.45, 2.75) is 20.8 Å². The number of aryl methyl sites for hydroxylation is 1. The lowest BCUT2D eigenvalue weighted by molar-refractivity contribution is -0.394. The van der Waals surface area contributed by atoms with E-state index in [4.69, 9.17) is 9.47 Å². The zero-order valence-electron chi connectivity index (χ0n) is 18.1. The van der Waals surface area contributed by atoms with Gasteiger partial charge in [-0.2, -0.15) is 0 Å². The zero-order valence-corrected chi connectivity index (χ0v) is 20.2. The van der Waals surface area contributed by atoms with Gasteiger partial charge in [-0.1, -0.05) is 12.1 Å². The lowest BCUT2D eigenvalue weighted by Gasteiger charge is -2.14. The van der Waals surface area contributed by atoms with Crippen LogP contribution in [0.2, 0.25) is 0 Å². The van der Waals surface area contributed by atoms with Gasteiger partial charge in [0.1, 0.15) is 0 Å². The third-order valence-electron chi connectivity index (χ3n) is 4.82. The first kappa shape index (κ1) is 24.1. The molecule has 9 nitrogen and oxygen atoms in total. The van der Waals surface area contributed by atoms with Gasteiger partial charge in [-0.25, -0.2) is 0 Å². The van der Waals surface area contributed by atoms with Crippen LogP contribution in [-0.4, -0.2) is 22.7 Å². The van der Waals surface area contributed by atoms with E-state index in [0.717, 1.165) is 34.5 Å². The van der Waals surface area contributed by atoms with Crippen molar-refractivity contribution in [3.05, 3.63) is 89.0 Å². The average molecular weight is 561 g/mol. The van der Waals surface area contributed by atoms with Crippen molar-refractivity contribution in [3.63, 3.8) is 0 Å². The third kappa shape index (κ3) is 5.64. The Morgan fingerprint density at radius 3 is 2.45 bits per heavy atom. The standard InChI is InChI=1S/C23H20IN3O6/c1-4-32-22-11-16(13-25-19-7-5-6-14(2)15(19)3)10-18(24)23(22)33-21-9-8-17(26(28)29)12-20(21)27(30)31/h5-13H,4H2,1-3H3. The molecule has 0 atom stereocenters. The van der Waals surface area contributed by atoms with Crippen molar-refractivity contribution in [1.82, 2.24) is 0 Å². The summed E-state index contributed by atoms with van der Waals surface area (Å²) in [4.78, 5) is 25.6. The highest BCUT2D eigenvalue weighted by molar-refractivity contribution is 14.1. The van der Waals surface area contributed by atoms with Crippen LogP contribution < -0.4 is 9.47 Å². The fraction of sp³-hybridized carbons (Fsp3) is 0.174. The van der Waals surface area contributed by atoms with Gasteiger partial charge >= 0.3 is 5.69 Å². The van der Waals surface area contributed by atoms with Crippen molar-refractivity contribution in [2.24, 2.45) is 4.99 Å². The van der Waals surface area contributed by atoms with Crippen LogP contribution in [0, 0.1) is 37.6 Å². The molecule has 0 aliphatic rings. The van der Waals surface area contributed by atoms with E-state index >= 15 is 0 Å². The van der Waals surface area contributed by atoms with E-state index in [0.29, 0.717) is 15.9 Å². The van der Waals surface area contributed by atoms with Crippen molar-refractivity contribution in [1.29, 1.82) is 0 Å². The van der Waals surface area contributed by atoms with Crippen LogP contribution in [0.5, 0.6) is 17.2 Å². The first-order valence-corrected chi connectivity index (χ1v) is 11.0. The van der Waals surface area contributed by atoms with Gasteiger partial charge < -0.3 is 9.47 Å². The monoisotopic (exact) mass is 561 g/mol. The third-order valence-corrected chi connectivity index (χ3v) is 5.62. The molecule has 33 heavy (non-hydrogen) atoms. The molecule has 0 spiro atoms. The highest BCUT2D eigenvalue weighted by Crippen LogP contribution is 2.41. The van der Waals surface area contributed by atoms with E-state index in [1.54, 1.807) is 12.3 Å². The van der Waals surface area contributed by atoms with E-state index in [1.165, 1.54) is 6.07 Å². The second-order valence-electron chi connectivity index (χ2n) is 7.01. The predicted molar refractivity (Wildman–Crippen MR) is 133 cm³/mol. The first-order valence-electron chi connectivity index (χ1n) is 9.88. The number of benzene rings is 3. The summed E-state index contributed by atoms with van der Waals surface area (Å²) >= 11 is 2.05. The number of halogens is 1. The van der Waals surface area contributed by atoms with E-state index in [9.17, 15) is 20.2 Å². The number of aliphatic imine (C=N–C) groups is 1. The average Bonchev–Trinajstić information content (AvgIpc) is 2.77. The number of nitro benzene ring substituents is 2. The molecular weight excluding hydrogens is 541 g/mol. The molecule has 0 saturated carbocycles. The second-order valence-corrected chi connectivity index (χ2v) is 8.17. The Labute approximate surface area is 203 Å². The molecule has 0 unspecified atom stereocenters. The summed E-state index contributed by atoms with van der Waals surface area (Å²) in [5, 5.41) is 22.4. The number of non-ortho nitro benzene ring substituents is 1. The molecule has 0 radical (unpaired) electrons. The van der Waals surface area contributed by atoms with Crippen molar-refractivity contribution < 1.29 is 19.3 Å². The second kappa shape index (κ2) is 10.4. The van der Waals surface area contributed by atoms with Crippen LogP contribution in [0.1, 0.15) is 23.6 Å². The number of rotatable bonds is 8. The summed E-state index contributed by atoms with van der Waals surface area (Å²) in [6, 6.07) is 12.7. The molecule has 3 rings (SSSR count). The number of hydrogen-bond donors (Lipinski definition) is 0. The van der Waals surface area contributed by atoms with Gasteiger partial charge in [-0.05, 0) is 84.3 Å². The maximum absolute atomic E-state index is 11.5. The van der Waals surface area contributed by atoms with Crippen LogP contribution in [0.4, 0.5) is 17.1 Å². The maximum Gasteiger partial charge on any atom is 0.318 e. The Balaban J connectivity index is 2.00. The molecule has 0 N–H and O–H groups in total. The van der Waals surface area contributed by atoms with E-state index in [2.05, 4.69) is 4.99 Å². The molecule has 0 heterocycles. The molecule has 0 saturated heterocycles. The predicted octanol–water partition coefficient (Wildman–Crippen LogP) is 6.67. The van der Waals surface area contributed by atoms with Crippen LogP contribution in [0.3, 0.4) is 0 Å². The fourth-order valence-electron chi connectivity index (χ4n) is 3.00. The molecule has 0 amide bonds. The van der Waals surface area contributed by atoms with Gasteiger partial charge in [0.15, 0.2) is 11.5 Å². The lowest BCUT2D eigenvalue weighted by atomic mass is 10.1. The summed E-state index contributed by atoms with van der Waals surface area (Å²) in [6.07, 6.45) is 1.71. The summed E-state index contributed by atoms with van der Waals surface area (Å²) in [5.41, 5.74) is 2.93. The molecule has 170 valence electrons. The smallest absolute Gasteiger partial charge is 0.318 e. The molecule has 0 aliphatic carbocycles. The highest BCUT2D eigenvalue weighted by atomic mass is 127. The van der Waals surface area contributed by atoms with Gasteiger partial charge in [0.25, 0.3) is 5.69 Å². The normalized spacial score (nSPS) is 10.9. The molecule has 10 heteroatoms. The molecule has 3 aromatic rings. The molecule has 0 aromatic heterocycles. The number of nitrogens with zero attached hydrogens (tertiary/aromatic N) is 3. The van der Waals surface area contributed by atoms with E-state index < -0.39 is 21.2 Å². The molecule has 3 aromatic carbocycles. The minimum atomic E-state index is -0.721. The number of ether oxygens (including phenoxy) is 2. The Bertz CT molecular complexity index is 1260. The van der Waals surface area contributed by atoms with Gasteiger partial charge in [-0.15, -0.1) is 0 Å². The topological polar surface area (TPSA) is 117 Å². The van der Waals surface area contributed by atoms with Crippen LogP contribution in [-0.2, 0) is 0 Å². The first-order chi connectivity index (χ1) is 15.7. The van der Waals surface area contributed by atoms with Gasteiger partial charge in [0.05, 0.1) is 31.8 Å². The SMILES string of the molecule is CCOc1cc(C=Nc2cccc(C)c2C)cc(I)c1Oc1ccc([N+](=O)[O-])cc1[N+](=O)[O-]. The molecule has 0 bridgehead atoms. The van der Waals surface area contributed by atoms with Gasteiger partial charge in [-0.3, -0.25) is 25.2 Å². The summed E-state index contributed by atoms with van der Waals surface area (Å²) < 4.78 is 12.2. The summed E-state index contributed by atoms with van der Waals surface area (Å²) in [5.74, 6) is 0.527. The highest BCUT2D eigenvalue weighted by Gasteiger charge is 2.23. The number of nitro groups is 2. The van der Waals surface area contributed by atoms with Crippen molar-refractivity contribution in [3.8, 4) is 17.2 Å². The van der Waals surface area contributed by atoms with Crippen molar-refractivity contribution in [2.75, 3.05) is 6.61 Å². The molecular formula is C23H20IN3O6. The largest absolute Gasteiger partial charge is 0.490 e. The maximum atomic E-state index is 11.5. The number of hydrogen-bond acceptors (Lipinski definition) is 7. The Hall–Kier alpha value is -3.54. The minimum Gasteiger partial charge on any atom is -0.490 e. The zero-order chi connectivity index (χ0) is 24.1. The molecule has 0 aliphatic heterocycles. The Kier molecular flexibility index (Phi) is 7.59. The van der Waals surface area contributed by atoms with Gasteiger partial charge in [0, 0.05) is 12.3 Å².